The second-order valence-corrected chi connectivity index (χ2v) is 4.72. The Kier molecular flexibility index (Phi) is 4.03. The maximum Gasteiger partial charge on any atom is 0.253 e. The molecule has 2 aromatic heterocycles. The van der Waals surface area contributed by atoms with E-state index >= 15 is 0 Å². The first-order chi connectivity index (χ1) is 9.34. The second-order valence-electron chi connectivity index (χ2n) is 3.97. The summed E-state index contributed by atoms with van der Waals surface area (Å²) in [5.41, 5.74) is 0.830. The predicted molar refractivity (Wildman–Crippen MR) is 58.8 cm³/mol. The standard InChI is InChI=1S/C13H9NO.ClHO4/c15-13-6-3-7-14-9-11-5-2-1-4-10(11)8-12(13)14;2-1(3,4)5/h1-9H;(H,2,3,4,5). The van der Waals surface area contributed by atoms with Crippen LogP contribution in [0.5, 0.6) is 5.75 Å². The number of hydrogen-bond acceptors (Lipinski definition) is 5. The lowest BCUT2D eigenvalue weighted by Crippen LogP contribution is -2.68. The van der Waals surface area contributed by atoms with Gasteiger partial charge in [-0.05, 0) is 17.5 Å². The fourth-order valence-corrected chi connectivity index (χ4v) is 1.84. The summed E-state index contributed by atoms with van der Waals surface area (Å²) in [6.07, 6.45) is 3.95. The van der Waals surface area contributed by atoms with Crippen LogP contribution in [0.1, 0.15) is 0 Å². The van der Waals surface area contributed by atoms with Crippen LogP contribution in [-0.4, -0.2) is 5.11 Å². The molecule has 0 saturated heterocycles. The van der Waals surface area contributed by atoms with Crippen LogP contribution in [0, 0.1) is 10.2 Å². The third-order valence-corrected chi connectivity index (χ3v) is 2.61. The van der Waals surface area contributed by atoms with Crippen molar-refractivity contribution in [1.82, 2.24) is 0 Å². The molecule has 20 heavy (non-hydrogen) atoms. The zero-order valence-electron chi connectivity index (χ0n) is 10.1. The van der Waals surface area contributed by atoms with E-state index in [0.29, 0.717) is 5.75 Å². The summed E-state index contributed by atoms with van der Waals surface area (Å²) in [4.78, 5) is 0. The monoisotopic (exact) mass is 295 g/mol. The molecular formula is C13H10ClNO5. The van der Waals surface area contributed by atoms with Crippen molar-refractivity contribution in [1.29, 1.82) is 0 Å². The average molecular weight is 296 g/mol. The maximum absolute atomic E-state index is 9.71. The summed E-state index contributed by atoms with van der Waals surface area (Å²) in [7, 11) is -4.94. The van der Waals surface area contributed by atoms with Crippen LogP contribution in [0.2, 0.25) is 0 Å². The first-order valence-electron chi connectivity index (χ1n) is 5.48. The van der Waals surface area contributed by atoms with Crippen LogP contribution in [-0.2, 0) is 0 Å². The molecule has 0 aliphatic carbocycles. The van der Waals surface area contributed by atoms with E-state index in [-0.39, 0.29) is 0 Å². The van der Waals surface area contributed by atoms with E-state index in [1.807, 2.05) is 47.1 Å². The zero-order chi connectivity index (χ0) is 14.8. The largest absolute Gasteiger partial charge is 0.502 e. The Morgan fingerprint density at radius 2 is 1.50 bits per heavy atom. The second kappa shape index (κ2) is 5.58. The molecular weight excluding hydrogens is 286 g/mol. The maximum atomic E-state index is 9.71. The smallest absolute Gasteiger partial charge is 0.253 e. The van der Waals surface area contributed by atoms with Crippen molar-refractivity contribution < 1.29 is 38.4 Å². The van der Waals surface area contributed by atoms with Gasteiger partial charge < -0.3 is 5.11 Å². The number of aromatic nitrogens is 1. The SMILES string of the molecule is Oc1ccc[n+]2cc3ccccc3cc12.[O-][Cl+3]([O-])([O-])[O-]. The number of halogens is 1. The molecule has 0 aliphatic rings. The first-order valence-corrected chi connectivity index (χ1v) is 6.71. The Labute approximate surface area is 116 Å². The van der Waals surface area contributed by atoms with Crippen molar-refractivity contribution >= 4 is 16.3 Å². The molecule has 6 nitrogen and oxygen atoms in total. The number of nitrogens with zero attached hydrogens (tertiary/aromatic N) is 1. The predicted octanol–water partition coefficient (Wildman–Crippen LogP) is -2.47. The quantitative estimate of drug-likeness (QED) is 0.364. The third kappa shape index (κ3) is 3.77. The highest BCUT2D eigenvalue weighted by Crippen LogP contribution is 2.18. The molecule has 0 spiro atoms. The van der Waals surface area contributed by atoms with Crippen molar-refractivity contribution in [3.63, 3.8) is 0 Å². The summed E-state index contributed by atoms with van der Waals surface area (Å²) >= 11 is 0. The van der Waals surface area contributed by atoms with Gasteiger partial charge in [-0.15, -0.1) is 10.2 Å². The Morgan fingerprint density at radius 1 is 0.900 bits per heavy atom. The number of pyridine rings is 2. The van der Waals surface area contributed by atoms with E-state index in [1.54, 1.807) is 6.07 Å². The summed E-state index contributed by atoms with van der Waals surface area (Å²) in [5.74, 6) is 0.309. The molecule has 0 bridgehead atoms. The van der Waals surface area contributed by atoms with Gasteiger partial charge in [-0.3, -0.25) is 0 Å². The van der Waals surface area contributed by atoms with Crippen molar-refractivity contribution in [2.75, 3.05) is 0 Å². The fraction of sp³-hybridized carbons (Fsp3) is 0. The molecule has 3 rings (SSSR count). The molecule has 0 saturated carbocycles. The number of aromatic hydroxyl groups is 1. The van der Waals surface area contributed by atoms with Gasteiger partial charge in [0.1, 0.15) is 0 Å². The molecule has 2 heterocycles. The van der Waals surface area contributed by atoms with Crippen LogP contribution >= 0.6 is 0 Å². The van der Waals surface area contributed by atoms with E-state index in [1.165, 1.54) is 5.39 Å². The lowest BCUT2D eigenvalue weighted by molar-refractivity contribution is -2.00. The van der Waals surface area contributed by atoms with Crippen LogP contribution in [0.3, 0.4) is 0 Å². The minimum Gasteiger partial charge on any atom is -0.502 e. The molecule has 0 amide bonds. The van der Waals surface area contributed by atoms with Gasteiger partial charge >= 0.3 is 0 Å². The minimum absolute atomic E-state index is 0.309. The molecule has 0 radical (unpaired) electrons. The van der Waals surface area contributed by atoms with E-state index in [2.05, 4.69) is 6.07 Å². The lowest BCUT2D eigenvalue weighted by atomic mass is 10.1. The number of rotatable bonds is 0. The molecule has 104 valence electrons. The van der Waals surface area contributed by atoms with Crippen LogP contribution in [0.25, 0.3) is 16.3 Å². The Hall–Kier alpha value is -1.96. The molecule has 3 aromatic rings. The third-order valence-electron chi connectivity index (χ3n) is 2.61. The van der Waals surface area contributed by atoms with E-state index in [0.717, 1.165) is 10.9 Å². The fourth-order valence-electron chi connectivity index (χ4n) is 1.84. The number of hydrogen-bond donors (Lipinski definition) is 1. The summed E-state index contributed by atoms with van der Waals surface area (Å²) in [6, 6.07) is 13.6. The molecule has 0 aliphatic heterocycles. The van der Waals surface area contributed by atoms with Crippen LogP contribution in [0.15, 0.2) is 54.9 Å². The van der Waals surface area contributed by atoms with Crippen molar-refractivity contribution in [3.05, 3.63) is 54.9 Å². The molecule has 0 unspecified atom stereocenters. The molecule has 7 heteroatoms. The minimum atomic E-state index is -4.94. The van der Waals surface area contributed by atoms with Crippen LogP contribution < -0.4 is 23.0 Å². The van der Waals surface area contributed by atoms with Gasteiger partial charge in [0.15, 0.2) is 18.1 Å². The highest BCUT2D eigenvalue weighted by atomic mass is 35.7. The van der Waals surface area contributed by atoms with Crippen LogP contribution in [0.4, 0.5) is 0 Å². The van der Waals surface area contributed by atoms with Gasteiger partial charge in [0.25, 0.3) is 5.52 Å². The Balaban J connectivity index is 0.000000257. The molecule has 1 aromatic carbocycles. The molecule has 0 fully saturated rings. The van der Waals surface area contributed by atoms with Crippen molar-refractivity contribution in [2.45, 2.75) is 0 Å². The molecule has 0 atom stereocenters. The van der Waals surface area contributed by atoms with Gasteiger partial charge in [0.2, 0.25) is 0 Å². The highest BCUT2D eigenvalue weighted by molar-refractivity contribution is 5.84. The number of fused-ring (bicyclic) bond motifs is 2. The molecule has 1 N–H and O–H groups in total. The van der Waals surface area contributed by atoms with Crippen molar-refractivity contribution in [2.24, 2.45) is 0 Å². The van der Waals surface area contributed by atoms with Gasteiger partial charge in [0, 0.05) is 17.5 Å². The highest BCUT2D eigenvalue weighted by Gasteiger charge is 2.08. The lowest BCUT2D eigenvalue weighted by Gasteiger charge is -2.17. The van der Waals surface area contributed by atoms with Gasteiger partial charge in [-0.2, -0.15) is 4.40 Å². The number of benzene rings is 1. The Bertz CT molecular complexity index is 735. The topological polar surface area (TPSA) is 117 Å². The van der Waals surface area contributed by atoms with E-state index in [4.69, 9.17) is 18.6 Å². The van der Waals surface area contributed by atoms with Gasteiger partial charge in [-0.25, -0.2) is 18.6 Å². The summed E-state index contributed by atoms with van der Waals surface area (Å²) in [5, 5.41) is 12.0. The Morgan fingerprint density at radius 3 is 2.15 bits per heavy atom. The summed E-state index contributed by atoms with van der Waals surface area (Å²) < 4.78 is 35.9. The van der Waals surface area contributed by atoms with E-state index < -0.39 is 10.2 Å². The van der Waals surface area contributed by atoms with Gasteiger partial charge in [0.05, 0.1) is 0 Å². The van der Waals surface area contributed by atoms with E-state index in [9.17, 15) is 5.11 Å². The summed E-state index contributed by atoms with van der Waals surface area (Å²) in [6.45, 7) is 0. The average Bonchev–Trinajstić information content (AvgIpc) is 2.35. The van der Waals surface area contributed by atoms with Crippen molar-refractivity contribution in [3.8, 4) is 5.75 Å². The first kappa shape index (κ1) is 14.4. The van der Waals surface area contributed by atoms with Gasteiger partial charge in [-0.1, -0.05) is 18.2 Å². The zero-order valence-corrected chi connectivity index (χ0v) is 10.9. The normalized spacial score (nSPS) is 11.2.